The van der Waals surface area contributed by atoms with Crippen molar-refractivity contribution in [3.8, 4) is 0 Å². The first-order valence-corrected chi connectivity index (χ1v) is 11.4. The second-order valence-corrected chi connectivity index (χ2v) is 10.1. The molecule has 3 aromatic rings. The third kappa shape index (κ3) is 4.98. The summed E-state index contributed by atoms with van der Waals surface area (Å²) in [5.74, 6) is -2.04. The summed E-state index contributed by atoms with van der Waals surface area (Å²) < 4.78 is 5.52. The van der Waals surface area contributed by atoms with Crippen LogP contribution in [0.25, 0.3) is 10.9 Å². The Balaban J connectivity index is 1.59. The van der Waals surface area contributed by atoms with Crippen LogP contribution in [0.2, 0.25) is 0 Å². The van der Waals surface area contributed by atoms with Crippen LogP contribution in [0.1, 0.15) is 43.9 Å². The van der Waals surface area contributed by atoms with Crippen LogP contribution in [-0.2, 0) is 38.4 Å². The highest BCUT2D eigenvalue weighted by atomic mass is 16.6. The number of carboxylic acid groups (broad SMARTS) is 1. The van der Waals surface area contributed by atoms with Crippen molar-refractivity contribution in [2.75, 3.05) is 0 Å². The molecule has 178 valence electrons. The highest BCUT2D eigenvalue weighted by Crippen LogP contribution is 2.41. The average Bonchev–Trinajstić information content (AvgIpc) is 3.33. The second-order valence-electron chi connectivity index (χ2n) is 10.1. The molecule has 7 heteroatoms. The fraction of sp³-hybridized carbons (Fsp3) is 0.370. The molecule has 2 aromatic carbocycles. The third-order valence-corrected chi connectivity index (χ3v) is 6.26. The number of aromatic amines is 1. The van der Waals surface area contributed by atoms with Crippen molar-refractivity contribution in [2.45, 2.75) is 58.1 Å². The SMILES string of the molecule is CC(C)(C)OC(=O)CC1(C(=O)NC(Cc2c[nH]c3ccccc23)C(=O)O)Cc2ccccc2C1. The predicted molar refractivity (Wildman–Crippen MR) is 128 cm³/mol. The molecule has 0 aliphatic heterocycles. The molecular weight excluding hydrogens is 432 g/mol. The van der Waals surface area contributed by atoms with Crippen molar-refractivity contribution >= 4 is 28.7 Å². The number of para-hydroxylation sites is 1. The van der Waals surface area contributed by atoms with Gasteiger partial charge in [-0.2, -0.15) is 0 Å². The summed E-state index contributed by atoms with van der Waals surface area (Å²) in [6.07, 6.45) is 2.49. The molecule has 1 amide bonds. The van der Waals surface area contributed by atoms with Gasteiger partial charge >= 0.3 is 11.9 Å². The zero-order chi connectivity index (χ0) is 24.5. The van der Waals surface area contributed by atoms with Crippen LogP contribution in [0.3, 0.4) is 0 Å². The van der Waals surface area contributed by atoms with Crippen LogP contribution in [0, 0.1) is 5.41 Å². The lowest BCUT2D eigenvalue weighted by molar-refractivity contribution is -0.160. The van der Waals surface area contributed by atoms with E-state index in [4.69, 9.17) is 4.74 Å². The van der Waals surface area contributed by atoms with Crippen LogP contribution in [-0.4, -0.2) is 39.6 Å². The second kappa shape index (κ2) is 8.97. The summed E-state index contributed by atoms with van der Waals surface area (Å²) in [7, 11) is 0. The Morgan fingerprint density at radius 1 is 1.06 bits per heavy atom. The first kappa shape index (κ1) is 23.5. The number of carboxylic acids is 1. The van der Waals surface area contributed by atoms with Crippen molar-refractivity contribution in [1.82, 2.24) is 10.3 Å². The van der Waals surface area contributed by atoms with Gasteiger partial charge in [-0.05, 0) is 56.4 Å². The number of hydrogen-bond donors (Lipinski definition) is 3. The average molecular weight is 463 g/mol. The van der Waals surface area contributed by atoms with Gasteiger partial charge in [-0.3, -0.25) is 9.59 Å². The van der Waals surface area contributed by atoms with Crippen LogP contribution in [0.15, 0.2) is 54.7 Å². The summed E-state index contributed by atoms with van der Waals surface area (Å²) in [5.41, 5.74) is 1.91. The van der Waals surface area contributed by atoms with Crippen LogP contribution < -0.4 is 5.32 Å². The molecule has 1 heterocycles. The molecule has 0 spiro atoms. The summed E-state index contributed by atoms with van der Waals surface area (Å²) in [6, 6.07) is 14.2. The third-order valence-electron chi connectivity index (χ3n) is 6.26. The molecular formula is C27H30N2O5. The number of aromatic nitrogens is 1. The number of ether oxygens (including phenoxy) is 1. The lowest BCUT2D eigenvalue weighted by atomic mass is 9.80. The number of rotatable bonds is 7. The maximum Gasteiger partial charge on any atom is 0.326 e. The smallest absolute Gasteiger partial charge is 0.326 e. The van der Waals surface area contributed by atoms with Crippen molar-refractivity contribution in [3.63, 3.8) is 0 Å². The summed E-state index contributed by atoms with van der Waals surface area (Å²) >= 11 is 0. The van der Waals surface area contributed by atoms with E-state index in [2.05, 4.69) is 10.3 Å². The van der Waals surface area contributed by atoms with Crippen LogP contribution in [0.5, 0.6) is 0 Å². The molecule has 1 aliphatic rings. The zero-order valence-corrected chi connectivity index (χ0v) is 19.7. The maximum atomic E-state index is 13.7. The quantitative estimate of drug-likeness (QED) is 0.463. The zero-order valence-electron chi connectivity index (χ0n) is 19.7. The van der Waals surface area contributed by atoms with E-state index in [9.17, 15) is 19.5 Å². The molecule has 1 atom stereocenters. The standard InChI is InChI=1S/C27H30N2O5/c1-26(2,3)34-23(30)15-27(13-17-8-4-5-9-18(17)14-27)25(33)29-22(24(31)32)12-19-16-28-21-11-7-6-10-20(19)21/h4-11,16,22,28H,12-15H2,1-3H3,(H,29,33)(H,31,32). The first-order chi connectivity index (χ1) is 16.1. The van der Waals surface area contributed by atoms with E-state index in [0.717, 1.165) is 27.6 Å². The molecule has 7 nitrogen and oxygen atoms in total. The van der Waals surface area contributed by atoms with Crippen molar-refractivity contribution in [3.05, 3.63) is 71.4 Å². The van der Waals surface area contributed by atoms with Crippen LogP contribution >= 0.6 is 0 Å². The number of carbonyl (C=O) groups excluding carboxylic acids is 2. The Morgan fingerprint density at radius 2 is 1.68 bits per heavy atom. The highest BCUT2D eigenvalue weighted by molar-refractivity contribution is 5.92. The van der Waals surface area contributed by atoms with Crippen LogP contribution in [0.4, 0.5) is 0 Å². The molecule has 0 saturated heterocycles. The van der Waals surface area contributed by atoms with E-state index in [1.165, 1.54) is 0 Å². The number of carbonyl (C=O) groups is 3. The number of H-pyrrole nitrogens is 1. The van der Waals surface area contributed by atoms with Gasteiger partial charge in [0.1, 0.15) is 11.6 Å². The van der Waals surface area contributed by atoms with Gasteiger partial charge in [0.2, 0.25) is 5.91 Å². The van der Waals surface area contributed by atoms with Crippen molar-refractivity contribution in [2.24, 2.45) is 5.41 Å². The number of nitrogens with one attached hydrogen (secondary N) is 2. The summed E-state index contributed by atoms with van der Waals surface area (Å²) in [4.78, 5) is 41.7. The number of fused-ring (bicyclic) bond motifs is 2. The maximum absolute atomic E-state index is 13.7. The number of benzene rings is 2. The van der Waals surface area contributed by atoms with Gasteiger partial charge in [-0.1, -0.05) is 42.5 Å². The minimum absolute atomic E-state index is 0.121. The number of esters is 1. The van der Waals surface area contributed by atoms with Crippen molar-refractivity contribution < 1.29 is 24.2 Å². The molecule has 1 aliphatic carbocycles. The summed E-state index contributed by atoms with van der Waals surface area (Å²) in [5, 5.41) is 13.6. The Bertz CT molecular complexity index is 1210. The predicted octanol–water partition coefficient (Wildman–Crippen LogP) is 3.80. The Hall–Kier alpha value is -3.61. The highest BCUT2D eigenvalue weighted by Gasteiger charge is 2.47. The van der Waals surface area contributed by atoms with Gasteiger partial charge in [-0.15, -0.1) is 0 Å². The Labute approximate surface area is 198 Å². The first-order valence-electron chi connectivity index (χ1n) is 11.4. The van der Waals surface area contributed by atoms with Gasteiger partial charge in [-0.25, -0.2) is 4.79 Å². The number of amides is 1. The number of aliphatic carboxylic acids is 1. The minimum atomic E-state index is -1.13. The van der Waals surface area contributed by atoms with E-state index < -0.39 is 34.9 Å². The molecule has 3 N–H and O–H groups in total. The fourth-order valence-electron chi connectivity index (χ4n) is 4.75. The topological polar surface area (TPSA) is 108 Å². The normalized spacial score (nSPS) is 15.5. The van der Waals surface area contributed by atoms with Gasteiger partial charge < -0.3 is 20.1 Å². The summed E-state index contributed by atoms with van der Waals surface area (Å²) in [6.45, 7) is 5.34. The lowest BCUT2D eigenvalue weighted by Gasteiger charge is -2.30. The van der Waals surface area contributed by atoms with Gasteiger partial charge in [0.05, 0.1) is 11.8 Å². The monoisotopic (exact) mass is 462 g/mol. The molecule has 1 aromatic heterocycles. The molecule has 4 rings (SSSR count). The molecule has 0 saturated carbocycles. The van der Waals surface area contributed by atoms with E-state index in [1.807, 2.05) is 48.5 Å². The molecule has 0 fully saturated rings. The van der Waals surface area contributed by atoms with Gasteiger partial charge in [0.15, 0.2) is 0 Å². The van der Waals surface area contributed by atoms with Crippen molar-refractivity contribution in [1.29, 1.82) is 0 Å². The van der Waals surface area contributed by atoms with E-state index in [1.54, 1.807) is 27.0 Å². The largest absolute Gasteiger partial charge is 0.480 e. The minimum Gasteiger partial charge on any atom is -0.480 e. The lowest BCUT2D eigenvalue weighted by Crippen LogP contribution is -2.51. The molecule has 0 radical (unpaired) electrons. The van der Waals surface area contributed by atoms with Gasteiger partial charge in [0, 0.05) is 23.5 Å². The Kier molecular flexibility index (Phi) is 6.21. The van der Waals surface area contributed by atoms with E-state index >= 15 is 0 Å². The Morgan fingerprint density at radius 3 is 2.29 bits per heavy atom. The molecule has 0 bridgehead atoms. The van der Waals surface area contributed by atoms with E-state index in [0.29, 0.717) is 12.8 Å². The molecule has 1 unspecified atom stereocenters. The van der Waals surface area contributed by atoms with Gasteiger partial charge in [0.25, 0.3) is 0 Å². The number of hydrogen-bond acceptors (Lipinski definition) is 4. The molecule has 34 heavy (non-hydrogen) atoms. The fourth-order valence-corrected chi connectivity index (χ4v) is 4.75. The van der Waals surface area contributed by atoms with E-state index in [-0.39, 0.29) is 12.8 Å².